The van der Waals surface area contributed by atoms with Crippen molar-refractivity contribution in [2.45, 2.75) is 13.5 Å². The lowest BCUT2D eigenvalue weighted by Crippen LogP contribution is -2.06. The predicted molar refractivity (Wildman–Crippen MR) is 89.3 cm³/mol. The van der Waals surface area contributed by atoms with Gasteiger partial charge in [0, 0.05) is 28.9 Å². The van der Waals surface area contributed by atoms with Gasteiger partial charge < -0.3 is 10.1 Å². The number of esters is 1. The van der Waals surface area contributed by atoms with Crippen molar-refractivity contribution in [2.75, 3.05) is 11.9 Å². The Balaban J connectivity index is 1.83. The molecule has 0 saturated carbocycles. The van der Waals surface area contributed by atoms with E-state index in [2.05, 4.69) is 10.3 Å². The van der Waals surface area contributed by atoms with Crippen molar-refractivity contribution in [2.24, 2.45) is 0 Å². The SMILES string of the molecule is CCOC(=O)c1nccc2sc(NCc3cc(F)cc(F)c3)cc12. The summed E-state index contributed by atoms with van der Waals surface area (Å²) in [5, 5.41) is 4.57. The zero-order valence-electron chi connectivity index (χ0n) is 12.8. The largest absolute Gasteiger partial charge is 0.461 e. The molecular weight excluding hydrogens is 334 g/mol. The Kier molecular flexibility index (Phi) is 4.71. The standard InChI is InChI=1S/C17H14F2N2O2S/c1-2-23-17(22)16-13-8-15(24-14(13)3-4-20-16)21-9-10-5-11(18)7-12(19)6-10/h3-8,21H,2,9H2,1H3. The van der Waals surface area contributed by atoms with E-state index in [1.54, 1.807) is 25.3 Å². The van der Waals surface area contributed by atoms with E-state index < -0.39 is 17.6 Å². The van der Waals surface area contributed by atoms with E-state index in [-0.39, 0.29) is 18.8 Å². The third kappa shape index (κ3) is 3.51. The Hall–Kier alpha value is -2.54. The third-order valence-electron chi connectivity index (χ3n) is 3.30. The number of hydrogen-bond donors (Lipinski definition) is 1. The smallest absolute Gasteiger partial charge is 0.357 e. The molecule has 7 heteroatoms. The van der Waals surface area contributed by atoms with Gasteiger partial charge in [-0.2, -0.15) is 0 Å². The van der Waals surface area contributed by atoms with Crippen LogP contribution in [0.4, 0.5) is 13.8 Å². The van der Waals surface area contributed by atoms with Gasteiger partial charge in [-0.25, -0.2) is 18.6 Å². The molecule has 0 radical (unpaired) electrons. The van der Waals surface area contributed by atoms with Crippen molar-refractivity contribution in [1.82, 2.24) is 4.98 Å². The van der Waals surface area contributed by atoms with E-state index in [0.717, 1.165) is 15.8 Å². The molecule has 0 saturated heterocycles. The number of nitrogens with zero attached hydrogens (tertiary/aromatic N) is 1. The van der Waals surface area contributed by atoms with Crippen molar-refractivity contribution in [3.8, 4) is 0 Å². The van der Waals surface area contributed by atoms with Crippen LogP contribution in [0, 0.1) is 11.6 Å². The summed E-state index contributed by atoms with van der Waals surface area (Å²) in [5.74, 6) is -1.70. The van der Waals surface area contributed by atoms with E-state index in [0.29, 0.717) is 10.9 Å². The molecule has 124 valence electrons. The molecule has 1 N–H and O–H groups in total. The van der Waals surface area contributed by atoms with Gasteiger partial charge in [0.2, 0.25) is 0 Å². The molecular formula is C17H14F2N2O2S. The highest BCUT2D eigenvalue weighted by molar-refractivity contribution is 7.22. The summed E-state index contributed by atoms with van der Waals surface area (Å²) < 4.78 is 32.3. The number of anilines is 1. The highest BCUT2D eigenvalue weighted by atomic mass is 32.1. The van der Waals surface area contributed by atoms with Crippen LogP contribution >= 0.6 is 11.3 Å². The maximum atomic E-state index is 13.2. The second-order valence-corrected chi connectivity index (χ2v) is 6.12. The Morgan fingerprint density at radius 1 is 1.25 bits per heavy atom. The quantitative estimate of drug-likeness (QED) is 0.696. The Morgan fingerprint density at radius 3 is 2.71 bits per heavy atom. The fraction of sp³-hybridized carbons (Fsp3) is 0.176. The number of pyridine rings is 1. The topological polar surface area (TPSA) is 51.2 Å². The lowest BCUT2D eigenvalue weighted by Gasteiger charge is -2.04. The van der Waals surface area contributed by atoms with Crippen molar-refractivity contribution in [3.05, 3.63) is 59.4 Å². The monoisotopic (exact) mass is 348 g/mol. The van der Waals surface area contributed by atoms with E-state index in [4.69, 9.17) is 4.74 Å². The van der Waals surface area contributed by atoms with Gasteiger partial charge in [0.05, 0.1) is 11.6 Å². The van der Waals surface area contributed by atoms with Crippen molar-refractivity contribution in [3.63, 3.8) is 0 Å². The van der Waals surface area contributed by atoms with Crippen LogP contribution in [-0.4, -0.2) is 17.6 Å². The summed E-state index contributed by atoms with van der Waals surface area (Å²) in [6, 6.07) is 6.97. The number of carbonyl (C=O) groups excluding carboxylic acids is 1. The number of fused-ring (bicyclic) bond motifs is 1. The predicted octanol–water partition coefficient (Wildman–Crippen LogP) is 4.36. The average Bonchev–Trinajstić information content (AvgIpc) is 2.95. The first-order chi connectivity index (χ1) is 11.6. The molecule has 2 aromatic heterocycles. The van der Waals surface area contributed by atoms with Crippen molar-refractivity contribution >= 4 is 32.4 Å². The number of halogens is 2. The van der Waals surface area contributed by atoms with Crippen molar-refractivity contribution < 1.29 is 18.3 Å². The average molecular weight is 348 g/mol. The van der Waals surface area contributed by atoms with E-state index >= 15 is 0 Å². The first-order valence-corrected chi connectivity index (χ1v) is 8.13. The number of benzene rings is 1. The summed E-state index contributed by atoms with van der Waals surface area (Å²) >= 11 is 1.43. The minimum Gasteiger partial charge on any atom is -0.461 e. The maximum absolute atomic E-state index is 13.2. The van der Waals surface area contributed by atoms with E-state index in [1.807, 2.05) is 0 Å². The van der Waals surface area contributed by atoms with Gasteiger partial charge in [0.1, 0.15) is 11.6 Å². The van der Waals surface area contributed by atoms with Crippen LogP contribution < -0.4 is 5.32 Å². The van der Waals surface area contributed by atoms with Gasteiger partial charge >= 0.3 is 5.97 Å². The molecule has 0 bridgehead atoms. The number of hydrogen-bond acceptors (Lipinski definition) is 5. The highest BCUT2D eigenvalue weighted by Gasteiger charge is 2.15. The molecule has 0 atom stereocenters. The van der Waals surface area contributed by atoms with Crippen LogP contribution in [-0.2, 0) is 11.3 Å². The van der Waals surface area contributed by atoms with E-state index in [1.165, 1.54) is 23.5 Å². The van der Waals surface area contributed by atoms with E-state index in [9.17, 15) is 13.6 Å². The first-order valence-electron chi connectivity index (χ1n) is 7.31. The van der Waals surface area contributed by atoms with Gasteiger partial charge in [0.15, 0.2) is 5.69 Å². The third-order valence-corrected chi connectivity index (χ3v) is 4.36. The zero-order valence-corrected chi connectivity index (χ0v) is 13.6. The van der Waals surface area contributed by atoms with Crippen LogP contribution in [0.3, 0.4) is 0 Å². The molecule has 24 heavy (non-hydrogen) atoms. The maximum Gasteiger partial charge on any atom is 0.357 e. The molecule has 0 unspecified atom stereocenters. The fourth-order valence-electron chi connectivity index (χ4n) is 2.31. The second kappa shape index (κ2) is 6.92. The number of rotatable bonds is 5. The molecule has 0 amide bonds. The number of ether oxygens (including phenoxy) is 1. The molecule has 0 fully saturated rings. The summed E-state index contributed by atoms with van der Waals surface area (Å²) in [6.45, 7) is 2.28. The van der Waals surface area contributed by atoms with Crippen LogP contribution in [0.1, 0.15) is 23.0 Å². The summed E-state index contributed by atoms with van der Waals surface area (Å²) in [7, 11) is 0. The number of carbonyl (C=O) groups is 1. The Bertz CT molecular complexity index is 875. The number of thiophene rings is 1. The summed E-state index contributed by atoms with van der Waals surface area (Å²) in [4.78, 5) is 16.0. The summed E-state index contributed by atoms with van der Waals surface area (Å²) in [5.41, 5.74) is 0.754. The van der Waals surface area contributed by atoms with Gasteiger partial charge in [-0.1, -0.05) is 0 Å². The summed E-state index contributed by atoms with van der Waals surface area (Å²) in [6.07, 6.45) is 1.55. The fourth-order valence-corrected chi connectivity index (χ4v) is 3.27. The van der Waals surface area contributed by atoms with Crippen LogP contribution in [0.25, 0.3) is 10.1 Å². The Morgan fingerprint density at radius 2 is 2.00 bits per heavy atom. The molecule has 3 rings (SSSR count). The minimum absolute atomic E-state index is 0.260. The zero-order chi connectivity index (χ0) is 17.1. The molecule has 1 aromatic carbocycles. The minimum atomic E-state index is -0.614. The van der Waals surface area contributed by atoms with Gasteiger partial charge in [-0.05, 0) is 36.8 Å². The molecule has 3 aromatic rings. The van der Waals surface area contributed by atoms with Crippen LogP contribution in [0.5, 0.6) is 0 Å². The van der Waals surface area contributed by atoms with Crippen LogP contribution in [0.2, 0.25) is 0 Å². The molecule has 0 aliphatic carbocycles. The molecule has 0 aliphatic heterocycles. The second-order valence-electron chi connectivity index (χ2n) is 5.03. The lowest BCUT2D eigenvalue weighted by atomic mass is 10.2. The first kappa shape index (κ1) is 16.3. The van der Waals surface area contributed by atoms with Gasteiger partial charge in [0.25, 0.3) is 0 Å². The molecule has 2 heterocycles. The molecule has 0 spiro atoms. The number of nitrogens with one attached hydrogen (secondary N) is 1. The molecule has 0 aliphatic rings. The van der Waals surface area contributed by atoms with Crippen LogP contribution in [0.15, 0.2) is 36.5 Å². The lowest BCUT2D eigenvalue weighted by molar-refractivity contribution is 0.0522. The Labute approximate surface area is 141 Å². The van der Waals surface area contributed by atoms with Crippen molar-refractivity contribution in [1.29, 1.82) is 0 Å². The number of aromatic nitrogens is 1. The van der Waals surface area contributed by atoms with Gasteiger partial charge in [-0.3, -0.25) is 0 Å². The van der Waals surface area contributed by atoms with Gasteiger partial charge in [-0.15, -0.1) is 11.3 Å². The molecule has 4 nitrogen and oxygen atoms in total. The normalized spacial score (nSPS) is 10.8. The highest BCUT2D eigenvalue weighted by Crippen LogP contribution is 2.31.